The summed E-state index contributed by atoms with van der Waals surface area (Å²) in [5.41, 5.74) is 9.31. The minimum absolute atomic E-state index is 0.244. The first-order chi connectivity index (χ1) is 8.50. The maximum atomic E-state index is 6.48. The van der Waals surface area contributed by atoms with Gasteiger partial charge in [-0.2, -0.15) is 0 Å². The molecular formula is C16H26N2. The zero-order valence-corrected chi connectivity index (χ0v) is 11.9. The van der Waals surface area contributed by atoms with E-state index in [1.807, 2.05) is 12.3 Å². The topological polar surface area (TPSA) is 38.9 Å². The Labute approximate surface area is 111 Å². The first kappa shape index (κ1) is 13.5. The molecule has 0 radical (unpaired) electrons. The predicted molar refractivity (Wildman–Crippen MR) is 76.4 cm³/mol. The van der Waals surface area contributed by atoms with Crippen LogP contribution in [0.15, 0.2) is 18.3 Å². The smallest absolute Gasteiger partial charge is 0.0448 e. The lowest BCUT2D eigenvalue weighted by atomic mass is 9.65. The van der Waals surface area contributed by atoms with Gasteiger partial charge in [-0.1, -0.05) is 32.8 Å². The fourth-order valence-electron chi connectivity index (χ4n) is 3.41. The highest BCUT2D eigenvalue weighted by molar-refractivity contribution is 5.19. The van der Waals surface area contributed by atoms with Gasteiger partial charge in [-0.3, -0.25) is 4.98 Å². The van der Waals surface area contributed by atoms with Crippen molar-refractivity contribution in [3.05, 3.63) is 29.6 Å². The van der Waals surface area contributed by atoms with E-state index in [1.165, 1.54) is 36.9 Å². The monoisotopic (exact) mass is 246 g/mol. The normalized spacial score (nSPS) is 24.8. The van der Waals surface area contributed by atoms with Crippen molar-refractivity contribution in [1.82, 2.24) is 4.98 Å². The van der Waals surface area contributed by atoms with E-state index in [2.05, 4.69) is 31.8 Å². The van der Waals surface area contributed by atoms with E-state index in [0.717, 1.165) is 6.42 Å². The van der Waals surface area contributed by atoms with Crippen molar-refractivity contribution >= 4 is 0 Å². The van der Waals surface area contributed by atoms with Crippen LogP contribution in [0.5, 0.6) is 0 Å². The Morgan fingerprint density at radius 3 is 2.89 bits per heavy atom. The lowest BCUT2D eigenvalue weighted by molar-refractivity contribution is 0.112. The third-order valence-electron chi connectivity index (χ3n) is 4.65. The van der Waals surface area contributed by atoms with Gasteiger partial charge in [-0.15, -0.1) is 0 Å². The highest BCUT2D eigenvalue weighted by atomic mass is 14.7. The second-order valence-electron chi connectivity index (χ2n) is 6.48. The lowest BCUT2D eigenvalue weighted by Crippen LogP contribution is -2.43. The molecule has 0 bridgehead atoms. The summed E-state index contributed by atoms with van der Waals surface area (Å²) in [6, 6.07) is 4.37. The van der Waals surface area contributed by atoms with Crippen molar-refractivity contribution in [2.24, 2.45) is 17.1 Å². The van der Waals surface area contributed by atoms with Gasteiger partial charge in [-0.25, -0.2) is 0 Å². The number of nitrogens with zero attached hydrogens (tertiary/aromatic N) is 1. The molecule has 0 aliphatic heterocycles. The van der Waals surface area contributed by atoms with Crippen LogP contribution in [0, 0.1) is 18.3 Å². The van der Waals surface area contributed by atoms with E-state index in [0.29, 0.717) is 11.3 Å². The SMILES string of the molecule is Cc1cccnc1CC(N)C1CCCCC1(C)C. The van der Waals surface area contributed by atoms with Crippen LogP contribution in [0.1, 0.15) is 50.8 Å². The van der Waals surface area contributed by atoms with E-state index in [9.17, 15) is 0 Å². The molecule has 2 heteroatoms. The zero-order valence-electron chi connectivity index (χ0n) is 11.9. The Balaban J connectivity index is 2.07. The van der Waals surface area contributed by atoms with Gasteiger partial charge in [0.25, 0.3) is 0 Å². The molecule has 0 aromatic carbocycles. The molecule has 1 saturated carbocycles. The predicted octanol–water partition coefficient (Wildman–Crippen LogP) is 3.48. The number of aryl methyl sites for hydroxylation is 1. The van der Waals surface area contributed by atoms with Gasteiger partial charge < -0.3 is 5.73 Å². The van der Waals surface area contributed by atoms with Crippen molar-refractivity contribution < 1.29 is 0 Å². The van der Waals surface area contributed by atoms with Crippen molar-refractivity contribution in [3.8, 4) is 0 Å². The number of hydrogen-bond acceptors (Lipinski definition) is 2. The average molecular weight is 246 g/mol. The maximum Gasteiger partial charge on any atom is 0.0448 e. The average Bonchev–Trinajstić information content (AvgIpc) is 2.31. The van der Waals surface area contributed by atoms with Gasteiger partial charge in [0.05, 0.1) is 0 Å². The second kappa shape index (κ2) is 5.40. The van der Waals surface area contributed by atoms with Gasteiger partial charge in [0, 0.05) is 24.4 Å². The van der Waals surface area contributed by atoms with Gasteiger partial charge in [0.1, 0.15) is 0 Å². The number of rotatable bonds is 3. The van der Waals surface area contributed by atoms with Crippen molar-refractivity contribution in [3.63, 3.8) is 0 Å². The van der Waals surface area contributed by atoms with Crippen LogP contribution < -0.4 is 5.73 Å². The van der Waals surface area contributed by atoms with Crippen molar-refractivity contribution in [2.45, 2.75) is 58.9 Å². The molecule has 0 amide bonds. The Hall–Kier alpha value is -0.890. The summed E-state index contributed by atoms with van der Waals surface area (Å²) in [6.07, 6.45) is 8.08. The van der Waals surface area contributed by atoms with Crippen LogP contribution >= 0.6 is 0 Å². The first-order valence-corrected chi connectivity index (χ1v) is 7.17. The number of pyridine rings is 1. The molecule has 2 N–H and O–H groups in total. The van der Waals surface area contributed by atoms with Crippen LogP contribution in [-0.2, 0) is 6.42 Å². The molecule has 2 nitrogen and oxygen atoms in total. The number of aromatic nitrogens is 1. The summed E-state index contributed by atoms with van der Waals surface area (Å²) in [6.45, 7) is 6.88. The molecule has 1 aliphatic carbocycles. The summed E-state index contributed by atoms with van der Waals surface area (Å²) in [5, 5.41) is 0. The van der Waals surface area contributed by atoms with Crippen LogP contribution in [-0.4, -0.2) is 11.0 Å². The minimum atomic E-state index is 0.244. The van der Waals surface area contributed by atoms with Crippen LogP contribution in [0.25, 0.3) is 0 Å². The van der Waals surface area contributed by atoms with Crippen LogP contribution in [0.3, 0.4) is 0 Å². The van der Waals surface area contributed by atoms with Gasteiger partial charge in [-0.05, 0) is 42.7 Å². The summed E-state index contributed by atoms with van der Waals surface area (Å²) in [5.74, 6) is 0.632. The number of nitrogens with two attached hydrogens (primary N) is 1. The molecule has 18 heavy (non-hydrogen) atoms. The molecule has 2 unspecified atom stereocenters. The Bertz CT molecular complexity index is 398. The summed E-state index contributed by atoms with van der Waals surface area (Å²) in [4.78, 5) is 4.48. The lowest BCUT2D eigenvalue weighted by Gasteiger charge is -2.42. The summed E-state index contributed by atoms with van der Waals surface area (Å²) >= 11 is 0. The van der Waals surface area contributed by atoms with Gasteiger partial charge in [0.15, 0.2) is 0 Å². The standard InChI is InChI=1S/C16H26N2/c1-12-7-6-10-18-15(12)11-14(17)13-8-4-5-9-16(13,2)3/h6-7,10,13-14H,4-5,8-9,11,17H2,1-3H3. The van der Waals surface area contributed by atoms with Gasteiger partial charge in [0.2, 0.25) is 0 Å². The molecule has 1 aromatic heterocycles. The molecule has 2 rings (SSSR count). The molecule has 1 aliphatic rings. The van der Waals surface area contributed by atoms with Gasteiger partial charge >= 0.3 is 0 Å². The molecule has 2 atom stereocenters. The van der Waals surface area contributed by atoms with E-state index < -0.39 is 0 Å². The number of hydrogen-bond donors (Lipinski definition) is 1. The van der Waals surface area contributed by atoms with E-state index in [-0.39, 0.29) is 6.04 Å². The highest BCUT2D eigenvalue weighted by Gasteiger charge is 2.36. The van der Waals surface area contributed by atoms with Crippen molar-refractivity contribution in [2.75, 3.05) is 0 Å². The zero-order chi connectivity index (χ0) is 13.2. The Kier molecular flexibility index (Phi) is 4.06. The fourth-order valence-corrected chi connectivity index (χ4v) is 3.41. The van der Waals surface area contributed by atoms with E-state index >= 15 is 0 Å². The third kappa shape index (κ3) is 2.92. The minimum Gasteiger partial charge on any atom is -0.327 e. The summed E-state index contributed by atoms with van der Waals surface area (Å²) in [7, 11) is 0. The molecular weight excluding hydrogens is 220 g/mol. The quantitative estimate of drug-likeness (QED) is 0.887. The molecule has 100 valence electrons. The third-order valence-corrected chi connectivity index (χ3v) is 4.65. The maximum absolute atomic E-state index is 6.48. The molecule has 0 saturated heterocycles. The Morgan fingerprint density at radius 2 is 2.22 bits per heavy atom. The highest BCUT2D eigenvalue weighted by Crippen LogP contribution is 2.42. The molecule has 1 heterocycles. The fraction of sp³-hybridized carbons (Fsp3) is 0.688. The van der Waals surface area contributed by atoms with Crippen LogP contribution in [0.4, 0.5) is 0 Å². The molecule has 1 aromatic rings. The van der Waals surface area contributed by atoms with Crippen molar-refractivity contribution in [1.29, 1.82) is 0 Å². The summed E-state index contributed by atoms with van der Waals surface area (Å²) < 4.78 is 0. The first-order valence-electron chi connectivity index (χ1n) is 7.17. The van der Waals surface area contributed by atoms with E-state index in [1.54, 1.807) is 0 Å². The van der Waals surface area contributed by atoms with E-state index in [4.69, 9.17) is 5.73 Å². The Morgan fingerprint density at radius 1 is 1.44 bits per heavy atom. The largest absolute Gasteiger partial charge is 0.327 e. The second-order valence-corrected chi connectivity index (χ2v) is 6.48. The van der Waals surface area contributed by atoms with Crippen LogP contribution in [0.2, 0.25) is 0 Å². The molecule has 1 fully saturated rings. The molecule has 0 spiro atoms.